The van der Waals surface area contributed by atoms with Crippen LogP contribution in [-0.2, 0) is 6.42 Å². The fourth-order valence-corrected chi connectivity index (χ4v) is 1.46. The Balaban J connectivity index is 2.84. The monoisotopic (exact) mass is 191 g/mol. The Hall–Kier alpha value is -1.15. The summed E-state index contributed by atoms with van der Waals surface area (Å²) in [6.45, 7) is 4.42. The Morgan fingerprint density at radius 3 is 2.71 bits per heavy atom. The molecule has 0 saturated carbocycles. The second-order valence-electron chi connectivity index (χ2n) is 3.93. The Morgan fingerprint density at radius 1 is 1.43 bits per heavy atom. The molecule has 1 rings (SSSR count). The first-order valence-corrected chi connectivity index (χ1v) is 4.95. The third-order valence-corrected chi connectivity index (χ3v) is 2.08. The van der Waals surface area contributed by atoms with Crippen LogP contribution >= 0.6 is 0 Å². The highest BCUT2D eigenvalue weighted by Gasteiger charge is 2.04. The predicted molar refractivity (Wildman–Crippen MR) is 58.4 cm³/mol. The molecule has 1 aromatic carbocycles. The molecule has 0 aliphatic rings. The van der Waals surface area contributed by atoms with E-state index >= 15 is 0 Å². The first-order valence-electron chi connectivity index (χ1n) is 4.95. The van der Waals surface area contributed by atoms with E-state index in [0.29, 0.717) is 5.92 Å². The summed E-state index contributed by atoms with van der Waals surface area (Å²) in [5, 5.41) is 0. The molecule has 0 spiro atoms. The molecule has 0 amide bonds. The van der Waals surface area contributed by atoms with E-state index in [-0.39, 0.29) is 12.3 Å². The van der Waals surface area contributed by atoms with Crippen LogP contribution in [0.25, 0.3) is 0 Å². The molecular formula is C12H17NO. The molecule has 1 aromatic rings. The summed E-state index contributed by atoms with van der Waals surface area (Å²) in [6.07, 6.45) is 1.01. The number of Topliss-reactive ketones (excluding diaryl/α,β-unsaturated/α-hetero) is 1. The van der Waals surface area contributed by atoms with E-state index in [1.807, 2.05) is 24.3 Å². The van der Waals surface area contributed by atoms with Crippen LogP contribution in [0.4, 0.5) is 0 Å². The Morgan fingerprint density at radius 2 is 2.14 bits per heavy atom. The quantitative estimate of drug-likeness (QED) is 0.740. The van der Waals surface area contributed by atoms with Gasteiger partial charge in [-0.15, -0.1) is 0 Å². The Kier molecular flexibility index (Phi) is 3.84. The molecule has 0 radical (unpaired) electrons. The van der Waals surface area contributed by atoms with Crippen molar-refractivity contribution >= 4 is 5.78 Å². The summed E-state index contributed by atoms with van der Waals surface area (Å²) < 4.78 is 0. The van der Waals surface area contributed by atoms with Crippen molar-refractivity contribution in [1.82, 2.24) is 0 Å². The standard InChI is InChI=1S/C12H17NO/c1-9(2)6-10-4-3-5-11(7-10)12(14)8-13/h3-5,7,9H,6,8,13H2,1-2H3. The molecule has 0 bridgehead atoms. The minimum atomic E-state index is 0.00982. The third kappa shape index (κ3) is 2.96. The fraction of sp³-hybridized carbons (Fsp3) is 0.417. The SMILES string of the molecule is CC(C)Cc1cccc(C(=O)CN)c1. The molecule has 0 aliphatic carbocycles. The average molecular weight is 191 g/mol. The molecular weight excluding hydrogens is 174 g/mol. The van der Waals surface area contributed by atoms with Crippen LogP contribution < -0.4 is 5.73 Å². The second-order valence-corrected chi connectivity index (χ2v) is 3.93. The number of carbonyl (C=O) groups excluding carboxylic acids is 1. The van der Waals surface area contributed by atoms with Crippen LogP contribution in [-0.4, -0.2) is 12.3 Å². The highest BCUT2D eigenvalue weighted by molar-refractivity contribution is 5.97. The van der Waals surface area contributed by atoms with Gasteiger partial charge in [0.15, 0.2) is 5.78 Å². The van der Waals surface area contributed by atoms with Gasteiger partial charge in [-0.05, 0) is 24.0 Å². The number of rotatable bonds is 4. The van der Waals surface area contributed by atoms with Crippen molar-refractivity contribution in [3.63, 3.8) is 0 Å². The maximum absolute atomic E-state index is 11.3. The van der Waals surface area contributed by atoms with Crippen LogP contribution in [0.5, 0.6) is 0 Å². The summed E-state index contributed by atoms with van der Waals surface area (Å²) >= 11 is 0. The highest BCUT2D eigenvalue weighted by atomic mass is 16.1. The van der Waals surface area contributed by atoms with Crippen LogP contribution in [0.1, 0.15) is 29.8 Å². The largest absolute Gasteiger partial charge is 0.324 e. The number of hydrogen-bond donors (Lipinski definition) is 1. The van der Waals surface area contributed by atoms with E-state index in [1.54, 1.807) is 0 Å². The predicted octanol–water partition coefficient (Wildman–Crippen LogP) is 2.03. The zero-order valence-electron chi connectivity index (χ0n) is 8.79. The van der Waals surface area contributed by atoms with E-state index in [1.165, 1.54) is 5.56 Å². The number of hydrogen-bond acceptors (Lipinski definition) is 2. The normalized spacial score (nSPS) is 10.6. The average Bonchev–Trinajstić information content (AvgIpc) is 2.16. The number of carbonyl (C=O) groups is 1. The minimum absolute atomic E-state index is 0.00982. The Labute approximate surface area is 85.1 Å². The number of nitrogens with two attached hydrogens (primary N) is 1. The molecule has 0 aliphatic heterocycles. The summed E-state index contributed by atoms with van der Waals surface area (Å²) in [7, 11) is 0. The van der Waals surface area contributed by atoms with Crippen LogP contribution in [0.3, 0.4) is 0 Å². The summed E-state index contributed by atoms with van der Waals surface area (Å²) in [5.74, 6) is 0.619. The van der Waals surface area contributed by atoms with Gasteiger partial charge in [-0.25, -0.2) is 0 Å². The van der Waals surface area contributed by atoms with Crippen molar-refractivity contribution in [2.45, 2.75) is 20.3 Å². The van der Waals surface area contributed by atoms with Crippen LogP contribution in [0, 0.1) is 5.92 Å². The molecule has 14 heavy (non-hydrogen) atoms. The lowest BCUT2D eigenvalue weighted by Gasteiger charge is -2.06. The first-order chi connectivity index (χ1) is 6.63. The molecule has 0 saturated heterocycles. The van der Waals surface area contributed by atoms with E-state index < -0.39 is 0 Å². The van der Waals surface area contributed by atoms with Crippen molar-refractivity contribution in [2.24, 2.45) is 11.7 Å². The molecule has 0 fully saturated rings. The molecule has 0 aromatic heterocycles. The van der Waals surface area contributed by atoms with Crippen molar-refractivity contribution in [3.05, 3.63) is 35.4 Å². The smallest absolute Gasteiger partial charge is 0.176 e. The maximum atomic E-state index is 11.3. The van der Waals surface area contributed by atoms with Crippen molar-refractivity contribution in [2.75, 3.05) is 6.54 Å². The first kappa shape index (κ1) is 10.9. The van der Waals surface area contributed by atoms with E-state index in [4.69, 9.17) is 5.73 Å². The Bertz CT molecular complexity index is 318. The van der Waals surface area contributed by atoms with Gasteiger partial charge in [0.2, 0.25) is 0 Å². The summed E-state index contributed by atoms with van der Waals surface area (Å²) in [4.78, 5) is 11.3. The van der Waals surface area contributed by atoms with E-state index in [9.17, 15) is 4.79 Å². The van der Waals surface area contributed by atoms with Crippen LogP contribution in [0.15, 0.2) is 24.3 Å². The van der Waals surface area contributed by atoms with Gasteiger partial charge in [0.1, 0.15) is 0 Å². The van der Waals surface area contributed by atoms with Gasteiger partial charge in [0.25, 0.3) is 0 Å². The van der Waals surface area contributed by atoms with Gasteiger partial charge in [0, 0.05) is 5.56 Å². The van der Waals surface area contributed by atoms with Crippen molar-refractivity contribution in [1.29, 1.82) is 0 Å². The minimum Gasteiger partial charge on any atom is -0.324 e. The topological polar surface area (TPSA) is 43.1 Å². The van der Waals surface area contributed by atoms with Crippen LogP contribution in [0.2, 0.25) is 0 Å². The molecule has 0 atom stereocenters. The van der Waals surface area contributed by atoms with E-state index in [2.05, 4.69) is 13.8 Å². The summed E-state index contributed by atoms with van der Waals surface area (Å²) in [6, 6.07) is 7.72. The van der Waals surface area contributed by atoms with Gasteiger partial charge in [0.05, 0.1) is 6.54 Å². The molecule has 0 unspecified atom stereocenters. The summed E-state index contributed by atoms with van der Waals surface area (Å²) in [5.41, 5.74) is 7.24. The maximum Gasteiger partial charge on any atom is 0.176 e. The van der Waals surface area contributed by atoms with Gasteiger partial charge in [-0.2, -0.15) is 0 Å². The zero-order valence-corrected chi connectivity index (χ0v) is 8.79. The fourth-order valence-electron chi connectivity index (χ4n) is 1.46. The van der Waals surface area contributed by atoms with Gasteiger partial charge in [-0.3, -0.25) is 4.79 Å². The molecule has 0 heterocycles. The van der Waals surface area contributed by atoms with Crippen molar-refractivity contribution in [3.8, 4) is 0 Å². The third-order valence-electron chi connectivity index (χ3n) is 2.08. The lowest BCUT2D eigenvalue weighted by Crippen LogP contribution is -2.13. The lowest BCUT2D eigenvalue weighted by molar-refractivity contribution is 0.100. The highest BCUT2D eigenvalue weighted by Crippen LogP contribution is 2.10. The van der Waals surface area contributed by atoms with Gasteiger partial charge >= 0.3 is 0 Å². The van der Waals surface area contributed by atoms with Gasteiger partial charge < -0.3 is 5.73 Å². The number of benzene rings is 1. The molecule has 2 N–H and O–H groups in total. The molecule has 2 nitrogen and oxygen atoms in total. The molecule has 76 valence electrons. The van der Waals surface area contributed by atoms with Crippen molar-refractivity contribution < 1.29 is 4.79 Å². The number of ketones is 1. The van der Waals surface area contributed by atoms with Gasteiger partial charge in [-0.1, -0.05) is 32.0 Å². The zero-order chi connectivity index (χ0) is 10.6. The molecule has 2 heteroatoms. The van der Waals surface area contributed by atoms with E-state index in [0.717, 1.165) is 12.0 Å². The second kappa shape index (κ2) is 4.91. The lowest BCUT2D eigenvalue weighted by atomic mass is 10.00.